The van der Waals surface area contributed by atoms with Crippen LogP contribution < -0.4 is 10.6 Å². The first-order chi connectivity index (χ1) is 11.2. The predicted octanol–water partition coefficient (Wildman–Crippen LogP) is 5.09. The largest absolute Gasteiger partial charge is 0.362 e. The molecule has 0 spiro atoms. The zero-order valence-corrected chi connectivity index (χ0v) is 14.9. The molecule has 2 aromatic rings. The van der Waals surface area contributed by atoms with Crippen LogP contribution >= 0.6 is 35.6 Å². The van der Waals surface area contributed by atoms with Gasteiger partial charge in [0.2, 0.25) is 0 Å². The molecule has 0 unspecified atom stereocenters. The Morgan fingerprint density at radius 2 is 1.87 bits per heavy atom. The van der Waals surface area contributed by atoms with Crippen molar-refractivity contribution < 1.29 is 4.39 Å². The summed E-state index contributed by atoms with van der Waals surface area (Å²) < 4.78 is 13.5. The van der Waals surface area contributed by atoms with Crippen molar-refractivity contribution >= 4 is 46.4 Å². The van der Waals surface area contributed by atoms with Crippen LogP contribution in [0.5, 0.6) is 0 Å². The van der Waals surface area contributed by atoms with E-state index in [-0.39, 0.29) is 5.82 Å². The van der Waals surface area contributed by atoms with Crippen molar-refractivity contribution in [2.45, 2.75) is 12.2 Å². The van der Waals surface area contributed by atoms with Crippen LogP contribution in [-0.4, -0.2) is 17.4 Å². The van der Waals surface area contributed by atoms with Gasteiger partial charge in [0.25, 0.3) is 0 Å². The van der Waals surface area contributed by atoms with Crippen molar-refractivity contribution in [1.82, 2.24) is 5.32 Å². The minimum atomic E-state index is -0.313. The molecule has 0 aliphatic rings. The zero-order valence-electron chi connectivity index (χ0n) is 12.5. The molecule has 0 saturated carbocycles. The molecule has 0 aliphatic carbocycles. The quantitative estimate of drug-likeness (QED) is 0.525. The molecule has 6 heteroatoms. The lowest BCUT2D eigenvalue weighted by Gasteiger charge is -2.11. The van der Waals surface area contributed by atoms with Crippen molar-refractivity contribution in [3.8, 4) is 0 Å². The van der Waals surface area contributed by atoms with E-state index in [0.29, 0.717) is 10.8 Å². The highest BCUT2D eigenvalue weighted by molar-refractivity contribution is 7.98. The van der Waals surface area contributed by atoms with E-state index in [4.69, 9.17) is 23.8 Å². The van der Waals surface area contributed by atoms with Crippen molar-refractivity contribution in [1.29, 1.82) is 0 Å². The minimum Gasteiger partial charge on any atom is -0.362 e. The molecule has 0 atom stereocenters. The van der Waals surface area contributed by atoms with Gasteiger partial charge in [-0.15, -0.1) is 0 Å². The standard InChI is InChI=1S/C17H18ClFN2S2/c18-14-7-2-1-6-13(14)12-23-11-5-10-20-17(22)21-16-9-4-3-8-15(16)19/h1-4,6-9H,5,10-12H2,(H2,20,21,22). The Hall–Kier alpha value is -1.30. The number of nitrogens with one attached hydrogen (secondary N) is 2. The Labute approximate surface area is 150 Å². The van der Waals surface area contributed by atoms with Crippen LogP contribution in [0.15, 0.2) is 48.5 Å². The fraction of sp³-hybridized carbons (Fsp3) is 0.235. The monoisotopic (exact) mass is 368 g/mol. The van der Waals surface area contributed by atoms with Crippen LogP contribution in [0.3, 0.4) is 0 Å². The van der Waals surface area contributed by atoms with Gasteiger partial charge in [-0.1, -0.05) is 41.9 Å². The normalized spacial score (nSPS) is 10.3. The van der Waals surface area contributed by atoms with Crippen LogP contribution in [0.1, 0.15) is 12.0 Å². The first-order valence-electron chi connectivity index (χ1n) is 7.27. The summed E-state index contributed by atoms with van der Waals surface area (Å²) in [5.74, 6) is 1.59. The summed E-state index contributed by atoms with van der Waals surface area (Å²) in [5.41, 5.74) is 1.54. The predicted molar refractivity (Wildman–Crippen MR) is 103 cm³/mol. The lowest BCUT2D eigenvalue weighted by Crippen LogP contribution is -2.29. The Bertz CT molecular complexity index is 652. The van der Waals surface area contributed by atoms with Crippen molar-refractivity contribution in [2.75, 3.05) is 17.6 Å². The van der Waals surface area contributed by atoms with Gasteiger partial charge in [0.05, 0.1) is 5.69 Å². The third-order valence-electron chi connectivity index (χ3n) is 3.09. The first-order valence-corrected chi connectivity index (χ1v) is 9.21. The van der Waals surface area contributed by atoms with Gasteiger partial charge in [-0.05, 0) is 48.2 Å². The minimum absolute atomic E-state index is 0.313. The van der Waals surface area contributed by atoms with Gasteiger partial charge in [0, 0.05) is 17.3 Å². The molecule has 0 bridgehead atoms. The average Bonchev–Trinajstić information content (AvgIpc) is 2.54. The highest BCUT2D eigenvalue weighted by atomic mass is 35.5. The molecule has 2 N–H and O–H groups in total. The number of thioether (sulfide) groups is 1. The first kappa shape index (κ1) is 18.0. The van der Waals surface area contributed by atoms with Gasteiger partial charge in [-0.3, -0.25) is 0 Å². The number of hydrogen-bond donors (Lipinski definition) is 2. The summed E-state index contributed by atoms with van der Waals surface area (Å²) in [5, 5.41) is 7.19. The zero-order chi connectivity index (χ0) is 16.5. The van der Waals surface area contributed by atoms with E-state index < -0.39 is 0 Å². The summed E-state index contributed by atoms with van der Waals surface area (Å²) in [6.07, 6.45) is 0.966. The van der Waals surface area contributed by atoms with E-state index in [1.165, 1.54) is 6.07 Å². The van der Waals surface area contributed by atoms with E-state index in [1.807, 2.05) is 36.0 Å². The number of benzene rings is 2. The maximum atomic E-state index is 13.5. The third-order valence-corrected chi connectivity index (χ3v) is 4.80. The molecule has 122 valence electrons. The van der Waals surface area contributed by atoms with Gasteiger partial charge in [-0.2, -0.15) is 11.8 Å². The molecule has 0 radical (unpaired) electrons. The smallest absolute Gasteiger partial charge is 0.170 e. The molecule has 0 saturated heterocycles. The third kappa shape index (κ3) is 6.37. The summed E-state index contributed by atoms with van der Waals surface area (Å²) in [7, 11) is 0. The Balaban J connectivity index is 1.59. The van der Waals surface area contributed by atoms with E-state index >= 15 is 0 Å². The maximum absolute atomic E-state index is 13.5. The van der Waals surface area contributed by atoms with Gasteiger partial charge in [0.15, 0.2) is 5.11 Å². The van der Waals surface area contributed by atoms with Gasteiger partial charge in [-0.25, -0.2) is 4.39 Å². The second-order valence-electron chi connectivity index (χ2n) is 4.86. The molecular formula is C17H18ClFN2S2. The van der Waals surface area contributed by atoms with Crippen LogP contribution in [0.4, 0.5) is 10.1 Å². The molecule has 0 aliphatic heterocycles. The summed E-state index contributed by atoms with van der Waals surface area (Å²) in [4.78, 5) is 0. The number of thiocarbonyl (C=S) groups is 1. The lowest BCUT2D eigenvalue weighted by atomic mass is 10.2. The van der Waals surface area contributed by atoms with E-state index in [2.05, 4.69) is 10.6 Å². The maximum Gasteiger partial charge on any atom is 0.170 e. The molecule has 0 heterocycles. The number of halogens is 2. The van der Waals surface area contributed by atoms with Gasteiger partial charge >= 0.3 is 0 Å². The summed E-state index contributed by atoms with van der Waals surface area (Å²) in [6, 6.07) is 14.3. The highest BCUT2D eigenvalue weighted by Crippen LogP contribution is 2.20. The van der Waals surface area contributed by atoms with E-state index in [0.717, 1.165) is 35.1 Å². The Morgan fingerprint density at radius 3 is 2.65 bits per heavy atom. The lowest BCUT2D eigenvalue weighted by molar-refractivity contribution is 0.632. The molecule has 0 fully saturated rings. The molecule has 2 rings (SSSR count). The number of hydrogen-bond acceptors (Lipinski definition) is 2. The molecule has 23 heavy (non-hydrogen) atoms. The number of anilines is 1. The van der Waals surface area contributed by atoms with Crippen LogP contribution in [-0.2, 0) is 5.75 Å². The van der Waals surface area contributed by atoms with Crippen molar-refractivity contribution in [3.05, 3.63) is 64.9 Å². The average molecular weight is 369 g/mol. The second kappa shape index (κ2) is 9.75. The summed E-state index contributed by atoms with van der Waals surface area (Å²) in [6.45, 7) is 0.746. The SMILES string of the molecule is Fc1ccccc1NC(=S)NCCCSCc1ccccc1Cl. The van der Waals surface area contributed by atoms with E-state index in [1.54, 1.807) is 18.2 Å². The molecule has 0 amide bonds. The van der Waals surface area contributed by atoms with Crippen LogP contribution in [0.25, 0.3) is 0 Å². The number of rotatable bonds is 7. The molecular weight excluding hydrogens is 351 g/mol. The Morgan fingerprint density at radius 1 is 1.13 bits per heavy atom. The van der Waals surface area contributed by atoms with Gasteiger partial charge < -0.3 is 10.6 Å². The van der Waals surface area contributed by atoms with Crippen molar-refractivity contribution in [3.63, 3.8) is 0 Å². The topological polar surface area (TPSA) is 24.1 Å². The van der Waals surface area contributed by atoms with Gasteiger partial charge in [0.1, 0.15) is 5.82 Å². The van der Waals surface area contributed by atoms with E-state index in [9.17, 15) is 4.39 Å². The van der Waals surface area contributed by atoms with Crippen LogP contribution in [0.2, 0.25) is 5.02 Å². The molecule has 2 aromatic carbocycles. The summed E-state index contributed by atoms with van der Waals surface area (Å²) >= 11 is 13.1. The molecule has 0 aromatic heterocycles. The Kier molecular flexibility index (Phi) is 7.65. The fourth-order valence-electron chi connectivity index (χ4n) is 1.90. The fourth-order valence-corrected chi connectivity index (χ4v) is 3.36. The number of para-hydroxylation sites is 1. The highest BCUT2D eigenvalue weighted by Gasteiger charge is 2.02. The van der Waals surface area contributed by atoms with Crippen LogP contribution in [0, 0.1) is 5.82 Å². The van der Waals surface area contributed by atoms with Crippen molar-refractivity contribution in [2.24, 2.45) is 0 Å². The second-order valence-corrected chi connectivity index (χ2v) is 6.78. The molecule has 2 nitrogen and oxygen atoms in total.